The number of para-hydroxylation sites is 1. The van der Waals surface area contributed by atoms with E-state index in [-0.39, 0.29) is 18.5 Å². The Balaban J connectivity index is 1.23. The van der Waals surface area contributed by atoms with E-state index in [9.17, 15) is 4.79 Å². The Morgan fingerprint density at radius 3 is 2.79 bits per heavy atom. The van der Waals surface area contributed by atoms with Gasteiger partial charge in [-0.15, -0.1) is 10.2 Å². The van der Waals surface area contributed by atoms with E-state index in [4.69, 9.17) is 0 Å². The van der Waals surface area contributed by atoms with Crippen molar-refractivity contribution in [3.8, 4) is 0 Å². The fourth-order valence-electron chi connectivity index (χ4n) is 3.12. The van der Waals surface area contributed by atoms with Crippen molar-refractivity contribution in [2.24, 2.45) is 0 Å². The Labute approximate surface area is 138 Å². The van der Waals surface area contributed by atoms with Gasteiger partial charge in [0, 0.05) is 25.2 Å². The molecule has 1 aliphatic heterocycles. The summed E-state index contributed by atoms with van der Waals surface area (Å²) in [6.45, 7) is 1.58. The van der Waals surface area contributed by atoms with Crippen molar-refractivity contribution in [2.75, 3.05) is 13.1 Å². The van der Waals surface area contributed by atoms with E-state index in [1.807, 2.05) is 40.0 Å². The fraction of sp³-hybridized carbons (Fsp3) is 0.438. The molecule has 8 heteroatoms. The van der Waals surface area contributed by atoms with Gasteiger partial charge in [0.1, 0.15) is 12.1 Å². The molecule has 0 unspecified atom stereocenters. The zero-order valence-corrected chi connectivity index (χ0v) is 13.1. The Morgan fingerprint density at radius 1 is 1.12 bits per heavy atom. The maximum atomic E-state index is 12.4. The number of likely N-dealkylation sites (tertiary alicyclic amines) is 1. The van der Waals surface area contributed by atoms with Gasteiger partial charge in [0.05, 0.1) is 17.3 Å². The zero-order valence-electron chi connectivity index (χ0n) is 13.1. The summed E-state index contributed by atoms with van der Waals surface area (Å²) in [4.78, 5) is 14.3. The third-order valence-corrected chi connectivity index (χ3v) is 4.82. The minimum atomic E-state index is 0.0597. The first kappa shape index (κ1) is 13.6. The number of rotatable bonds is 4. The highest BCUT2D eigenvalue weighted by Gasteiger charge is 2.34. The topological polar surface area (TPSA) is 81.7 Å². The molecule has 1 saturated carbocycles. The lowest BCUT2D eigenvalue weighted by Gasteiger charge is -2.38. The van der Waals surface area contributed by atoms with Crippen LogP contribution in [0.5, 0.6) is 0 Å². The Hall–Kier alpha value is -2.77. The lowest BCUT2D eigenvalue weighted by molar-refractivity contribution is -0.138. The maximum Gasteiger partial charge on any atom is 0.244 e. The molecule has 1 saturated heterocycles. The van der Waals surface area contributed by atoms with E-state index in [0.29, 0.717) is 19.0 Å². The summed E-state index contributed by atoms with van der Waals surface area (Å²) in [6, 6.07) is 7.90. The van der Waals surface area contributed by atoms with Crippen LogP contribution in [0.3, 0.4) is 0 Å². The van der Waals surface area contributed by atoms with Gasteiger partial charge in [-0.25, -0.2) is 9.36 Å². The molecule has 0 radical (unpaired) electrons. The normalized spacial score (nSPS) is 18.1. The van der Waals surface area contributed by atoms with E-state index in [1.54, 1.807) is 4.68 Å². The van der Waals surface area contributed by atoms with Gasteiger partial charge in [0.25, 0.3) is 0 Å². The first-order valence-electron chi connectivity index (χ1n) is 8.25. The van der Waals surface area contributed by atoms with Crippen molar-refractivity contribution < 1.29 is 4.79 Å². The highest BCUT2D eigenvalue weighted by atomic mass is 16.2. The van der Waals surface area contributed by atoms with Gasteiger partial charge in [-0.3, -0.25) is 4.79 Å². The van der Waals surface area contributed by atoms with E-state index in [2.05, 4.69) is 20.6 Å². The molecule has 2 aliphatic rings. The van der Waals surface area contributed by atoms with Crippen molar-refractivity contribution >= 4 is 16.9 Å². The van der Waals surface area contributed by atoms with Crippen LogP contribution >= 0.6 is 0 Å². The molecule has 0 bridgehead atoms. The van der Waals surface area contributed by atoms with Gasteiger partial charge in [0.2, 0.25) is 5.91 Å². The van der Waals surface area contributed by atoms with E-state index >= 15 is 0 Å². The van der Waals surface area contributed by atoms with Crippen molar-refractivity contribution in [1.82, 2.24) is 34.9 Å². The van der Waals surface area contributed by atoms with E-state index < -0.39 is 0 Å². The van der Waals surface area contributed by atoms with Gasteiger partial charge in [-0.2, -0.15) is 0 Å². The summed E-state index contributed by atoms with van der Waals surface area (Å²) in [5.41, 5.74) is 2.78. The third-order valence-electron chi connectivity index (χ3n) is 4.82. The SMILES string of the molecule is O=C(Cn1nnc2ccccc21)N1CC(n2cc(C3CC3)nn2)C1. The number of aromatic nitrogens is 6. The van der Waals surface area contributed by atoms with Crippen LogP contribution in [-0.2, 0) is 11.3 Å². The molecule has 0 N–H and O–H groups in total. The van der Waals surface area contributed by atoms with Crippen LogP contribution in [0.4, 0.5) is 0 Å². The number of nitrogens with zero attached hydrogens (tertiary/aromatic N) is 7. The zero-order chi connectivity index (χ0) is 16.1. The summed E-state index contributed by atoms with van der Waals surface area (Å²) in [6.07, 6.45) is 4.48. The number of carbonyl (C=O) groups excluding carboxylic acids is 1. The first-order valence-corrected chi connectivity index (χ1v) is 8.25. The second-order valence-corrected chi connectivity index (χ2v) is 6.59. The van der Waals surface area contributed by atoms with Gasteiger partial charge in [-0.05, 0) is 25.0 Å². The number of hydrogen-bond acceptors (Lipinski definition) is 5. The molecule has 0 atom stereocenters. The monoisotopic (exact) mass is 323 g/mol. The van der Waals surface area contributed by atoms with Crippen molar-refractivity contribution in [3.63, 3.8) is 0 Å². The van der Waals surface area contributed by atoms with Crippen LogP contribution in [0, 0.1) is 0 Å². The number of fused-ring (bicyclic) bond motifs is 1. The second-order valence-electron chi connectivity index (χ2n) is 6.59. The van der Waals surface area contributed by atoms with Crippen LogP contribution in [0.2, 0.25) is 0 Å². The van der Waals surface area contributed by atoms with Crippen LogP contribution in [0.25, 0.3) is 11.0 Å². The van der Waals surface area contributed by atoms with Gasteiger partial charge in [-0.1, -0.05) is 22.6 Å². The fourth-order valence-corrected chi connectivity index (χ4v) is 3.12. The lowest BCUT2D eigenvalue weighted by atomic mass is 10.1. The lowest BCUT2D eigenvalue weighted by Crippen LogP contribution is -2.51. The van der Waals surface area contributed by atoms with Gasteiger partial charge in [0.15, 0.2) is 0 Å². The molecule has 3 heterocycles. The van der Waals surface area contributed by atoms with Gasteiger partial charge < -0.3 is 4.90 Å². The molecule has 5 rings (SSSR count). The highest BCUT2D eigenvalue weighted by Crippen LogP contribution is 2.39. The standard InChI is InChI=1S/C16H17N7O/c24-16(10-23-15-4-2-1-3-13(15)17-20-23)21-7-12(8-21)22-9-14(18-19-22)11-5-6-11/h1-4,9,11-12H,5-8,10H2. The highest BCUT2D eigenvalue weighted by molar-refractivity contribution is 5.80. The Kier molecular flexibility index (Phi) is 2.91. The molecule has 1 aromatic carbocycles. The van der Waals surface area contributed by atoms with E-state index in [1.165, 1.54) is 12.8 Å². The molecular weight excluding hydrogens is 306 g/mol. The van der Waals surface area contributed by atoms with Crippen LogP contribution in [0.1, 0.15) is 30.5 Å². The molecule has 122 valence electrons. The molecule has 2 fully saturated rings. The quantitative estimate of drug-likeness (QED) is 0.715. The van der Waals surface area contributed by atoms with Crippen LogP contribution < -0.4 is 0 Å². The van der Waals surface area contributed by atoms with Gasteiger partial charge >= 0.3 is 0 Å². The summed E-state index contributed by atoms with van der Waals surface area (Å²) in [5, 5.41) is 16.6. The largest absolute Gasteiger partial charge is 0.337 e. The number of carbonyl (C=O) groups is 1. The second kappa shape index (κ2) is 5.12. The molecule has 2 aromatic heterocycles. The average Bonchev–Trinajstić information content (AvgIpc) is 3.16. The van der Waals surface area contributed by atoms with Crippen molar-refractivity contribution in [3.05, 3.63) is 36.2 Å². The minimum Gasteiger partial charge on any atom is -0.337 e. The van der Waals surface area contributed by atoms with E-state index in [0.717, 1.165) is 16.7 Å². The minimum absolute atomic E-state index is 0.0597. The molecule has 1 amide bonds. The first-order chi connectivity index (χ1) is 11.8. The number of hydrogen-bond donors (Lipinski definition) is 0. The molecule has 3 aromatic rings. The average molecular weight is 323 g/mol. The Bertz CT molecular complexity index is 904. The summed E-state index contributed by atoms with van der Waals surface area (Å²) in [7, 11) is 0. The molecular formula is C16H17N7O. The third kappa shape index (κ3) is 2.26. The van der Waals surface area contributed by atoms with Crippen LogP contribution in [-0.4, -0.2) is 53.9 Å². The predicted octanol–water partition coefficient (Wildman–Crippen LogP) is 0.984. The molecule has 1 aliphatic carbocycles. The van der Waals surface area contributed by atoms with Crippen LogP contribution in [0.15, 0.2) is 30.5 Å². The number of amides is 1. The summed E-state index contributed by atoms with van der Waals surface area (Å²) in [5.74, 6) is 0.668. The number of benzene rings is 1. The Morgan fingerprint density at radius 2 is 1.96 bits per heavy atom. The maximum absolute atomic E-state index is 12.4. The van der Waals surface area contributed by atoms with Crippen molar-refractivity contribution in [1.29, 1.82) is 0 Å². The molecule has 24 heavy (non-hydrogen) atoms. The predicted molar refractivity (Wildman–Crippen MR) is 85.1 cm³/mol. The smallest absolute Gasteiger partial charge is 0.244 e. The summed E-state index contributed by atoms with van der Waals surface area (Å²) < 4.78 is 3.56. The van der Waals surface area contributed by atoms with Crippen molar-refractivity contribution in [2.45, 2.75) is 31.3 Å². The summed E-state index contributed by atoms with van der Waals surface area (Å²) >= 11 is 0. The molecule has 8 nitrogen and oxygen atoms in total. The molecule has 0 spiro atoms.